The molecule has 0 aliphatic carbocycles. The van der Waals surface area contributed by atoms with Crippen molar-refractivity contribution in [2.45, 2.75) is 19.9 Å². The van der Waals surface area contributed by atoms with Crippen molar-refractivity contribution in [1.29, 1.82) is 0 Å². The van der Waals surface area contributed by atoms with E-state index < -0.39 is 0 Å². The molecule has 1 aliphatic heterocycles. The first-order valence-corrected chi connectivity index (χ1v) is 7.11. The van der Waals surface area contributed by atoms with Crippen LogP contribution in [0.4, 0.5) is 11.4 Å². The zero-order valence-electron chi connectivity index (χ0n) is 12.5. The Morgan fingerprint density at radius 3 is 2.45 bits per heavy atom. The number of rotatable bonds is 3. The number of nitrogens with two attached hydrogens (primary N) is 1. The maximum Gasteiger partial charge on any atom is 0.251 e. The van der Waals surface area contributed by atoms with Gasteiger partial charge in [-0.1, -0.05) is 0 Å². The lowest BCUT2D eigenvalue weighted by atomic mass is 10.1. The number of nitrogens with zero attached hydrogens (tertiary/aromatic N) is 2. The molecule has 0 aromatic heterocycles. The molecule has 5 heteroatoms. The van der Waals surface area contributed by atoms with Crippen LogP contribution in [-0.4, -0.2) is 50.1 Å². The number of likely N-dealkylation sites (N-methyl/N-ethyl adjacent to an activating group) is 1. The molecule has 0 saturated carbocycles. The summed E-state index contributed by atoms with van der Waals surface area (Å²) in [5, 5.41) is 2.88. The molecule has 1 amide bonds. The lowest BCUT2D eigenvalue weighted by molar-refractivity contribution is 0.0943. The Bertz CT molecular complexity index is 479. The van der Waals surface area contributed by atoms with Crippen LogP contribution in [0, 0.1) is 0 Å². The van der Waals surface area contributed by atoms with Crippen molar-refractivity contribution >= 4 is 17.3 Å². The number of hydrogen-bond donors (Lipinski definition) is 2. The molecule has 0 bridgehead atoms. The maximum absolute atomic E-state index is 12.0. The molecule has 0 spiro atoms. The molecule has 0 radical (unpaired) electrons. The van der Waals surface area contributed by atoms with E-state index >= 15 is 0 Å². The summed E-state index contributed by atoms with van der Waals surface area (Å²) in [5.74, 6) is -0.0726. The maximum atomic E-state index is 12.0. The van der Waals surface area contributed by atoms with Crippen LogP contribution >= 0.6 is 0 Å². The highest BCUT2D eigenvalue weighted by atomic mass is 16.1. The standard InChI is InChI=1S/C15H24N4O/c1-11(2)17-15(20)12-4-5-14(13(16)10-12)19-8-6-18(3)7-9-19/h4-5,10-11H,6-9,16H2,1-3H3,(H,17,20). The third-order valence-corrected chi connectivity index (χ3v) is 3.55. The number of piperazine rings is 1. The number of benzene rings is 1. The van der Waals surface area contributed by atoms with Gasteiger partial charge >= 0.3 is 0 Å². The van der Waals surface area contributed by atoms with E-state index in [2.05, 4.69) is 22.2 Å². The first-order valence-electron chi connectivity index (χ1n) is 7.11. The van der Waals surface area contributed by atoms with Crippen molar-refractivity contribution in [2.24, 2.45) is 0 Å². The van der Waals surface area contributed by atoms with Gasteiger partial charge in [0.05, 0.1) is 11.4 Å². The molecule has 1 fully saturated rings. The number of amides is 1. The highest BCUT2D eigenvalue weighted by Gasteiger charge is 2.17. The van der Waals surface area contributed by atoms with Crippen molar-refractivity contribution < 1.29 is 4.79 Å². The number of hydrogen-bond acceptors (Lipinski definition) is 4. The van der Waals surface area contributed by atoms with Crippen LogP contribution < -0.4 is 16.0 Å². The van der Waals surface area contributed by atoms with E-state index in [1.54, 1.807) is 6.07 Å². The summed E-state index contributed by atoms with van der Waals surface area (Å²) in [6.07, 6.45) is 0. The first kappa shape index (κ1) is 14.7. The van der Waals surface area contributed by atoms with Crippen LogP contribution in [0.15, 0.2) is 18.2 Å². The highest BCUT2D eigenvalue weighted by Crippen LogP contribution is 2.25. The monoisotopic (exact) mass is 276 g/mol. The zero-order chi connectivity index (χ0) is 14.7. The minimum absolute atomic E-state index is 0.0726. The summed E-state index contributed by atoms with van der Waals surface area (Å²) >= 11 is 0. The van der Waals surface area contributed by atoms with Crippen LogP contribution in [0.2, 0.25) is 0 Å². The smallest absolute Gasteiger partial charge is 0.251 e. The Morgan fingerprint density at radius 1 is 1.25 bits per heavy atom. The van der Waals surface area contributed by atoms with Gasteiger partial charge in [0.15, 0.2) is 0 Å². The lowest BCUT2D eigenvalue weighted by Gasteiger charge is -2.34. The molecule has 2 rings (SSSR count). The summed E-state index contributed by atoms with van der Waals surface area (Å²) in [4.78, 5) is 16.5. The molecule has 5 nitrogen and oxygen atoms in total. The molecule has 3 N–H and O–H groups in total. The second-order valence-corrected chi connectivity index (χ2v) is 5.69. The normalized spacial score (nSPS) is 16.5. The third-order valence-electron chi connectivity index (χ3n) is 3.55. The minimum atomic E-state index is -0.0726. The number of carbonyl (C=O) groups is 1. The number of anilines is 2. The van der Waals surface area contributed by atoms with Gasteiger partial charge in [0.2, 0.25) is 0 Å². The first-order chi connectivity index (χ1) is 9.47. The number of nitrogens with one attached hydrogen (secondary N) is 1. The van der Waals surface area contributed by atoms with Crippen molar-refractivity contribution in [1.82, 2.24) is 10.2 Å². The molecule has 1 aromatic carbocycles. The van der Waals surface area contributed by atoms with Gasteiger partial charge in [-0.2, -0.15) is 0 Å². The van der Waals surface area contributed by atoms with Gasteiger partial charge in [0, 0.05) is 37.8 Å². The van der Waals surface area contributed by atoms with E-state index in [0.29, 0.717) is 11.3 Å². The van der Waals surface area contributed by atoms with Gasteiger partial charge in [0.1, 0.15) is 0 Å². The molecule has 110 valence electrons. The lowest BCUT2D eigenvalue weighted by Crippen LogP contribution is -2.44. The Kier molecular flexibility index (Phi) is 4.49. The van der Waals surface area contributed by atoms with E-state index in [0.717, 1.165) is 31.9 Å². The fourth-order valence-corrected chi connectivity index (χ4v) is 2.38. The molecule has 0 atom stereocenters. The fraction of sp³-hybridized carbons (Fsp3) is 0.533. The summed E-state index contributed by atoms with van der Waals surface area (Å²) in [5.41, 5.74) is 8.44. The molecule has 1 aromatic rings. The van der Waals surface area contributed by atoms with Gasteiger partial charge < -0.3 is 20.9 Å². The van der Waals surface area contributed by atoms with Gasteiger partial charge in [-0.15, -0.1) is 0 Å². The van der Waals surface area contributed by atoms with Crippen molar-refractivity contribution in [2.75, 3.05) is 43.9 Å². The molecular weight excluding hydrogens is 252 g/mol. The zero-order valence-corrected chi connectivity index (χ0v) is 12.5. The van der Waals surface area contributed by atoms with Gasteiger partial charge in [-0.25, -0.2) is 0 Å². The molecule has 1 saturated heterocycles. The molecule has 0 unspecified atom stereocenters. The summed E-state index contributed by atoms with van der Waals surface area (Å²) in [6, 6.07) is 5.70. The highest BCUT2D eigenvalue weighted by molar-refractivity contribution is 5.96. The minimum Gasteiger partial charge on any atom is -0.397 e. The van der Waals surface area contributed by atoms with Gasteiger partial charge in [-0.05, 0) is 39.1 Å². The average Bonchev–Trinajstić information content (AvgIpc) is 2.39. The SMILES string of the molecule is CC(C)NC(=O)c1ccc(N2CCN(C)CC2)c(N)c1. The van der Waals surface area contributed by atoms with Crippen molar-refractivity contribution in [3.8, 4) is 0 Å². The predicted octanol–water partition coefficient (Wildman–Crippen LogP) is 1.16. The fourth-order valence-electron chi connectivity index (χ4n) is 2.38. The third kappa shape index (κ3) is 3.42. The van der Waals surface area contributed by atoms with E-state index in [9.17, 15) is 4.79 Å². The summed E-state index contributed by atoms with van der Waals surface area (Å²) in [6.45, 7) is 7.90. The summed E-state index contributed by atoms with van der Waals surface area (Å²) in [7, 11) is 2.13. The van der Waals surface area contributed by atoms with E-state index in [4.69, 9.17) is 5.73 Å². The predicted molar refractivity (Wildman–Crippen MR) is 83.2 cm³/mol. The largest absolute Gasteiger partial charge is 0.397 e. The Hall–Kier alpha value is -1.75. The van der Waals surface area contributed by atoms with E-state index in [1.807, 2.05) is 26.0 Å². The van der Waals surface area contributed by atoms with Gasteiger partial charge in [0.25, 0.3) is 5.91 Å². The van der Waals surface area contributed by atoms with E-state index in [-0.39, 0.29) is 11.9 Å². The average molecular weight is 276 g/mol. The quantitative estimate of drug-likeness (QED) is 0.813. The van der Waals surface area contributed by atoms with Crippen molar-refractivity contribution in [3.05, 3.63) is 23.8 Å². The Morgan fingerprint density at radius 2 is 1.90 bits per heavy atom. The number of nitrogen functional groups attached to an aromatic ring is 1. The van der Waals surface area contributed by atoms with Crippen molar-refractivity contribution in [3.63, 3.8) is 0 Å². The Labute approximate surface area is 120 Å². The summed E-state index contributed by atoms with van der Waals surface area (Å²) < 4.78 is 0. The van der Waals surface area contributed by atoms with Gasteiger partial charge in [-0.3, -0.25) is 4.79 Å². The second-order valence-electron chi connectivity index (χ2n) is 5.69. The van der Waals surface area contributed by atoms with Crippen LogP contribution in [0.5, 0.6) is 0 Å². The van der Waals surface area contributed by atoms with E-state index in [1.165, 1.54) is 0 Å². The Balaban J connectivity index is 2.11. The molecule has 1 heterocycles. The van der Waals surface area contributed by atoms with Crippen LogP contribution in [0.25, 0.3) is 0 Å². The molecular formula is C15H24N4O. The topological polar surface area (TPSA) is 61.6 Å². The van der Waals surface area contributed by atoms with Crippen LogP contribution in [-0.2, 0) is 0 Å². The molecule has 1 aliphatic rings. The number of carbonyl (C=O) groups excluding carboxylic acids is 1. The van der Waals surface area contributed by atoms with Crippen LogP contribution in [0.3, 0.4) is 0 Å². The van der Waals surface area contributed by atoms with Crippen LogP contribution in [0.1, 0.15) is 24.2 Å². The second kappa shape index (κ2) is 6.13. The molecule has 20 heavy (non-hydrogen) atoms.